The highest BCUT2D eigenvalue weighted by Crippen LogP contribution is 2.12. The second-order valence-electron chi connectivity index (χ2n) is 4.03. The van der Waals surface area contributed by atoms with Gasteiger partial charge >= 0.3 is 0 Å². The second kappa shape index (κ2) is 5.09. The zero-order valence-corrected chi connectivity index (χ0v) is 9.81. The molecule has 0 bridgehead atoms. The van der Waals surface area contributed by atoms with Crippen molar-refractivity contribution >= 4 is 10.0 Å². The fourth-order valence-electron chi connectivity index (χ4n) is 1.57. The van der Waals surface area contributed by atoms with E-state index < -0.39 is 10.0 Å². The van der Waals surface area contributed by atoms with E-state index in [1.165, 1.54) is 0 Å². The summed E-state index contributed by atoms with van der Waals surface area (Å²) in [6, 6.07) is 0.419. The molecule has 0 unspecified atom stereocenters. The minimum atomic E-state index is -2.93. The molecule has 14 heavy (non-hydrogen) atoms. The fourth-order valence-corrected chi connectivity index (χ4v) is 3.17. The van der Waals surface area contributed by atoms with Crippen LogP contribution in [0.5, 0.6) is 0 Å². The number of hydrogen-bond donors (Lipinski definition) is 1. The monoisotopic (exact) mass is 220 g/mol. The lowest BCUT2D eigenvalue weighted by Crippen LogP contribution is -2.42. The maximum atomic E-state index is 11.6. The molecule has 1 saturated heterocycles. The third-order valence-electron chi connectivity index (χ3n) is 2.37. The first-order valence-corrected chi connectivity index (χ1v) is 6.84. The molecule has 0 spiro atoms. The molecule has 0 aliphatic carbocycles. The highest BCUT2D eigenvalue weighted by molar-refractivity contribution is 7.89. The maximum Gasteiger partial charge on any atom is 0.214 e. The zero-order valence-electron chi connectivity index (χ0n) is 8.99. The van der Waals surface area contributed by atoms with Crippen molar-refractivity contribution in [3.63, 3.8) is 0 Å². The summed E-state index contributed by atoms with van der Waals surface area (Å²) < 4.78 is 24.7. The van der Waals surface area contributed by atoms with Gasteiger partial charge in [-0.05, 0) is 12.8 Å². The van der Waals surface area contributed by atoms with Crippen molar-refractivity contribution in [2.75, 3.05) is 25.4 Å². The third kappa shape index (κ3) is 3.55. The molecule has 1 aliphatic rings. The topological polar surface area (TPSA) is 49.4 Å². The van der Waals surface area contributed by atoms with E-state index in [-0.39, 0.29) is 0 Å². The summed E-state index contributed by atoms with van der Waals surface area (Å²) >= 11 is 0. The third-order valence-corrected chi connectivity index (χ3v) is 4.32. The Bertz CT molecular complexity index is 262. The van der Waals surface area contributed by atoms with E-state index in [1.54, 1.807) is 4.31 Å². The van der Waals surface area contributed by atoms with Gasteiger partial charge in [-0.2, -0.15) is 0 Å². The van der Waals surface area contributed by atoms with Crippen molar-refractivity contribution in [2.45, 2.75) is 32.7 Å². The highest BCUT2D eigenvalue weighted by atomic mass is 32.2. The van der Waals surface area contributed by atoms with Crippen LogP contribution in [0.2, 0.25) is 0 Å². The second-order valence-corrected chi connectivity index (χ2v) is 6.12. The normalized spacial score (nSPS) is 22.8. The highest BCUT2D eigenvalue weighted by Gasteiger charge is 2.24. The lowest BCUT2D eigenvalue weighted by molar-refractivity contribution is 0.373. The van der Waals surface area contributed by atoms with Crippen LogP contribution in [0.15, 0.2) is 0 Å². The molecule has 0 atom stereocenters. The van der Waals surface area contributed by atoms with Crippen LogP contribution in [0, 0.1) is 0 Å². The fraction of sp³-hybridized carbons (Fsp3) is 1.00. The van der Waals surface area contributed by atoms with E-state index in [2.05, 4.69) is 19.2 Å². The number of nitrogens with zero attached hydrogens (tertiary/aromatic N) is 1. The van der Waals surface area contributed by atoms with E-state index in [4.69, 9.17) is 0 Å². The van der Waals surface area contributed by atoms with Gasteiger partial charge in [-0.3, -0.25) is 0 Å². The van der Waals surface area contributed by atoms with Crippen molar-refractivity contribution in [1.82, 2.24) is 9.62 Å². The Morgan fingerprint density at radius 1 is 1.36 bits per heavy atom. The molecule has 0 aromatic rings. The molecule has 0 aromatic carbocycles. The van der Waals surface area contributed by atoms with Crippen LogP contribution in [-0.4, -0.2) is 44.2 Å². The van der Waals surface area contributed by atoms with Gasteiger partial charge in [0.2, 0.25) is 10.0 Å². The maximum absolute atomic E-state index is 11.6. The first kappa shape index (κ1) is 11.9. The summed E-state index contributed by atoms with van der Waals surface area (Å²) in [6.07, 6.45) is 1.82. The molecule has 1 heterocycles. The van der Waals surface area contributed by atoms with Crippen LogP contribution in [0.4, 0.5) is 0 Å². The molecule has 84 valence electrons. The first-order valence-electron chi connectivity index (χ1n) is 5.23. The van der Waals surface area contributed by atoms with Crippen molar-refractivity contribution in [1.29, 1.82) is 0 Å². The Morgan fingerprint density at radius 2 is 2.07 bits per heavy atom. The van der Waals surface area contributed by atoms with E-state index in [0.717, 1.165) is 19.4 Å². The summed E-state index contributed by atoms with van der Waals surface area (Å²) in [7, 11) is -2.93. The van der Waals surface area contributed by atoms with Crippen LogP contribution in [0.25, 0.3) is 0 Å². The Balaban J connectivity index is 2.35. The van der Waals surface area contributed by atoms with Crippen molar-refractivity contribution in [3.8, 4) is 0 Å². The number of rotatable bonds is 4. The smallest absolute Gasteiger partial charge is 0.214 e. The summed E-state index contributed by atoms with van der Waals surface area (Å²) in [5.74, 6) is 0.328. The Hall–Kier alpha value is -0.130. The van der Waals surface area contributed by atoms with Crippen LogP contribution < -0.4 is 5.32 Å². The van der Waals surface area contributed by atoms with Gasteiger partial charge in [-0.15, -0.1) is 0 Å². The molecule has 4 nitrogen and oxygen atoms in total. The molecule has 1 N–H and O–H groups in total. The summed E-state index contributed by atoms with van der Waals surface area (Å²) in [5, 5.41) is 3.22. The zero-order chi connectivity index (χ0) is 10.6. The number of nitrogens with one attached hydrogen (secondary N) is 1. The van der Waals surface area contributed by atoms with Gasteiger partial charge in [0.15, 0.2) is 0 Å². The van der Waals surface area contributed by atoms with Gasteiger partial charge in [0.1, 0.15) is 0 Å². The molecule has 1 aliphatic heterocycles. The average molecular weight is 220 g/mol. The molecule has 0 amide bonds. The van der Waals surface area contributed by atoms with Crippen LogP contribution in [0.1, 0.15) is 26.7 Å². The van der Waals surface area contributed by atoms with Gasteiger partial charge in [0, 0.05) is 25.7 Å². The SMILES string of the molecule is CC(C)NCCN1CCCCS1(=O)=O. The van der Waals surface area contributed by atoms with Gasteiger partial charge in [0.25, 0.3) is 0 Å². The largest absolute Gasteiger partial charge is 0.313 e. The van der Waals surface area contributed by atoms with Gasteiger partial charge in [0.05, 0.1) is 5.75 Å². The summed E-state index contributed by atoms with van der Waals surface area (Å²) in [6.45, 7) is 6.18. The molecule has 1 rings (SSSR count). The van der Waals surface area contributed by atoms with Crippen molar-refractivity contribution in [3.05, 3.63) is 0 Å². The Morgan fingerprint density at radius 3 is 2.64 bits per heavy atom. The molecule has 0 saturated carbocycles. The Kier molecular flexibility index (Phi) is 4.34. The summed E-state index contributed by atoms with van der Waals surface area (Å²) in [5.41, 5.74) is 0. The van der Waals surface area contributed by atoms with Crippen LogP contribution in [-0.2, 0) is 10.0 Å². The minimum Gasteiger partial charge on any atom is -0.313 e. The number of sulfonamides is 1. The van der Waals surface area contributed by atoms with E-state index in [0.29, 0.717) is 24.9 Å². The lowest BCUT2D eigenvalue weighted by Gasteiger charge is -2.26. The van der Waals surface area contributed by atoms with Crippen LogP contribution in [0.3, 0.4) is 0 Å². The van der Waals surface area contributed by atoms with E-state index in [1.807, 2.05) is 0 Å². The molecular weight excluding hydrogens is 200 g/mol. The standard InChI is InChI=1S/C9H20N2O2S/c1-9(2)10-5-7-11-6-3-4-8-14(11,12)13/h9-10H,3-8H2,1-2H3. The van der Waals surface area contributed by atoms with E-state index in [9.17, 15) is 8.42 Å². The first-order chi connectivity index (χ1) is 6.52. The van der Waals surface area contributed by atoms with E-state index >= 15 is 0 Å². The van der Waals surface area contributed by atoms with Gasteiger partial charge in [-0.1, -0.05) is 13.8 Å². The molecular formula is C9H20N2O2S. The Labute approximate surface area is 86.7 Å². The number of hydrogen-bond acceptors (Lipinski definition) is 3. The van der Waals surface area contributed by atoms with Crippen molar-refractivity contribution in [2.24, 2.45) is 0 Å². The minimum absolute atomic E-state index is 0.328. The van der Waals surface area contributed by atoms with Gasteiger partial charge in [-0.25, -0.2) is 12.7 Å². The molecule has 1 fully saturated rings. The molecule has 0 aromatic heterocycles. The molecule has 5 heteroatoms. The quantitative estimate of drug-likeness (QED) is 0.746. The van der Waals surface area contributed by atoms with Crippen LogP contribution >= 0.6 is 0 Å². The summed E-state index contributed by atoms with van der Waals surface area (Å²) in [4.78, 5) is 0. The lowest BCUT2D eigenvalue weighted by atomic mass is 10.3. The van der Waals surface area contributed by atoms with Crippen molar-refractivity contribution < 1.29 is 8.42 Å². The van der Waals surface area contributed by atoms with Gasteiger partial charge < -0.3 is 5.32 Å². The average Bonchev–Trinajstić information content (AvgIpc) is 2.07. The predicted molar refractivity (Wildman–Crippen MR) is 57.7 cm³/mol. The molecule has 0 radical (unpaired) electrons. The predicted octanol–water partition coefficient (Wildman–Crippen LogP) is 0.410.